The maximum Gasteiger partial charge on any atom is 0.335 e. The minimum Gasteiger partial charge on any atom is -0.478 e. The van der Waals surface area contributed by atoms with Crippen LogP contribution in [0.2, 0.25) is 0 Å². The molecule has 1 heterocycles. The van der Waals surface area contributed by atoms with E-state index in [-0.39, 0.29) is 5.41 Å². The van der Waals surface area contributed by atoms with Crippen molar-refractivity contribution >= 4 is 17.0 Å². The zero-order valence-electron chi connectivity index (χ0n) is 12.8. The SMILES string of the molecule is CCC(C)n1c(C(C)(C)C)nc2ccc(C(=O)O)cc21. The number of carbonyl (C=O) groups is 1. The first-order valence-electron chi connectivity index (χ1n) is 7.01. The molecule has 0 aliphatic rings. The van der Waals surface area contributed by atoms with Crippen LogP contribution in [-0.2, 0) is 5.41 Å². The van der Waals surface area contributed by atoms with Gasteiger partial charge in [0, 0.05) is 11.5 Å². The van der Waals surface area contributed by atoms with Gasteiger partial charge in [-0.05, 0) is 31.5 Å². The van der Waals surface area contributed by atoms with E-state index in [1.165, 1.54) is 0 Å². The molecule has 108 valence electrons. The number of aromatic nitrogens is 2. The van der Waals surface area contributed by atoms with Crippen molar-refractivity contribution < 1.29 is 9.90 Å². The average molecular weight is 274 g/mol. The van der Waals surface area contributed by atoms with Crippen LogP contribution in [0.4, 0.5) is 0 Å². The summed E-state index contributed by atoms with van der Waals surface area (Å²) in [6.07, 6.45) is 0.978. The van der Waals surface area contributed by atoms with Crippen LogP contribution in [0.1, 0.15) is 63.3 Å². The molecule has 1 atom stereocenters. The van der Waals surface area contributed by atoms with E-state index in [9.17, 15) is 4.79 Å². The summed E-state index contributed by atoms with van der Waals surface area (Å²) in [6, 6.07) is 5.43. The Hall–Kier alpha value is -1.84. The molecule has 1 unspecified atom stereocenters. The molecule has 4 nitrogen and oxygen atoms in total. The van der Waals surface area contributed by atoms with Crippen LogP contribution in [0.3, 0.4) is 0 Å². The van der Waals surface area contributed by atoms with Gasteiger partial charge in [0.25, 0.3) is 0 Å². The minimum atomic E-state index is -0.902. The molecule has 2 rings (SSSR count). The number of hydrogen-bond donors (Lipinski definition) is 1. The Bertz CT molecular complexity index is 650. The molecule has 20 heavy (non-hydrogen) atoms. The third-order valence-corrected chi connectivity index (χ3v) is 3.64. The molecule has 0 aliphatic heterocycles. The van der Waals surface area contributed by atoms with Crippen LogP contribution in [0.25, 0.3) is 11.0 Å². The first-order chi connectivity index (χ1) is 9.25. The van der Waals surface area contributed by atoms with E-state index in [0.717, 1.165) is 23.3 Å². The lowest BCUT2D eigenvalue weighted by molar-refractivity contribution is 0.0697. The van der Waals surface area contributed by atoms with Gasteiger partial charge in [-0.2, -0.15) is 0 Å². The number of carboxylic acid groups (broad SMARTS) is 1. The highest BCUT2D eigenvalue weighted by Crippen LogP contribution is 2.31. The minimum absolute atomic E-state index is 0.0775. The average Bonchev–Trinajstić information content (AvgIpc) is 2.75. The van der Waals surface area contributed by atoms with E-state index in [1.807, 2.05) is 0 Å². The maximum atomic E-state index is 11.2. The van der Waals surface area contributed by atoms with E-state index < -0.39 is 5.97 Å². The monoisotopic (exact) mass is 274 g/mol. The van der Waals surface area contributed by atoms with Crippen molar-refractivity contribution in [2.45, 2.75) is 52.5 Å². The van der Waals surface area contributed by atoms with Gasteiger partial charge in [-0.25, -0.2) is 9.78 Å². The summed E-state index contributed by atoms with van der Waals surface area (Å²) in [6.45, 7) is 10.7. The largest absolute Gasteiger partial charge is 0.478 e. The second-order valence-corrected chi connectivity index (χ2v) is 6.32. The van der Waals surface area contributed by atoms with Crippen molar-refractivity contribution in [2.75, 3.05) is 0 Å². The highest BCUT2D eigenvalue weighted by molar-refractivity contribution is 5.92. The van der Waals surface area contributed by atoms with E-state index in [2.05, 4.69) is 39.2 Å². The van der Waals surface area contributed by atoms with Crippen molar-refractivity contribution in [1.29, 1.82) is 0 Å². The Kier molecular flexibility index (Phi) is 3.59. The predicted octanol–water partition coefficient (Wildman–Crippen LogP) is 4.00. The molecule has 0 amide bonds. The Morgan fingerprint density at radius 3 is 2.55 bits per heavy atom. The van der Waals surface area contributed by atoms with Gasteiger partial charge in [0.1, 0.15) is 5.82 Å². The molecule has 0 bridgehead atoms. The van der Waals surface area contributed by atoms with Crippen molar-refractivity contribution in [3.8, 4) is 0 Å². The number of imidazole rings is 1. The molecule has 0 fully saturated rings. The van der Waals surface area contributed by atoms with Crippen LogP contribution in [-0.4, -0.2) is 20.6 Å². The lowest BCUT2D eigenvalue weighted by Crippen LogP contribution is -2.21. The fraction of sp³-hybridized carbons (Fsp3) is 0.500. The normalized spacial score (nSPS) is 13.7. The topological polar surface area (TPSA) is 55.1 Å². The van der Waals surface area contributed by atoms with Gasteiger partial charge in [0.15, 0.2) is 0 Å². The highest BCUT2D eigenvalue weighted by atomic mass is 16.4. The Balaban J connectivity index is 2.78. The van der Waals surface area contributed by atoms with Gasteiger partial charge in [-0.1, -0.05) is 27.7 Å². The van der Waals surface area contributed by atoms with E-state index in [1.54, 1.807) is 18.2 Å². The molecular formula is C16H22N2O2. The third kappa shape index (κ3) is 2.42. The number of hydrogen-bond acceptors (Lipinski definition) is 2. The predicted molar refractivity (Wildman–Crippen MR) is 80.4 cm³/mol. The van der Waals surface area contributed by atoms with Crippen molar-refractivity contribution in [3.05, 3.63) is 29.6 Å². The summed E-state index contributed by atoms with van der Waals surface area (Å²) in [5.74, 6) is 0.102. The molecular weight excluding hydrogens is 252 g/mol. The number of benzene rings is 1. The van der Waals surface area contributed by atoms with Crippen LogP contribution >= 0.6 is 0 Å². The van der Waals surface area contributed by atoms with E-state index in [0.29, 0.717) is 11.6 Å². The van der Waals surface area contributed by atoms with Gasteiger partial charge < -0.3 is 9.67 Å². The molecule has 1 N–H and O–H groups in total. The molecule has 0 saturated heterocycles. The zero-order chi connectivity index (χ0) is 15.1. The lowest BCUT2D eigenvalue weighted by Gasteiger charge is -2.23. The molecule has 2 aromatic rings. The fourth-order valence-corrected chi connectivity index (χ4v) is 2.38. The van der Waals surface area contributed by atoms with Crippen molar-refractivity contribution in [1.82, 2.24) is 9.55 Å². The molecule has 0 saturated carbocycles. The number of aromatic carboxylic acids is 1. The molecule has 0 spiro atoms. The summed E-state index contributed by atoms with van der Waals surface area (Å²) in [5, 5.41) is 9.17. The van der Waals surface area contributed by atoms with Crippen LogP contribution in [0.15, 0.2) is 18.2 Å². The second kappa shape index (κ2) is 4.93. The van der Waals surface area contributed by atoms with Crippen molar-refractivity contribution in [3.63, 3.8) is 0 Å². The summed E-state index contributed by atoms with van der Waals surface area (Å²) < 4.78 is 2.18. The van der Waals surface area contributed by atoms with E-state index >= 15 is 0 Å². The smallest absolute Gasteiger partial charge is 0.335 e. The van der Waals surface area contributed by atoms with Gasteiger partial charge >= 0.3 is 5.97 Å². The number of rotatable bonds is 3. The molecule has 0 radical (unpaired) electrons. The van der Waals surface area contributed by atoms with E-state index in [4.69, 9.17) is 10.1 Å². The van der Waals surface area contributed by atoms with Gasteiger partial charge in [0.2, 0.25) is 0 Å². The van der Waals surface area contributed by atoms with Gasteiger partial charge in [-0.3, -0.25) is 0 Å². The Morgan fingerprint density at radius 2 is 2.05 bits per heavy atom. The first kappa shape index (κ1) is 14.6. The number of nitrogens with zero attached hydrogens (tertiary/aromatic N) is 2. The summed E-state index contributed by atoms with van der Waals surface area (Å²) in [7, 11) is 0. The number of carboxylic acids is 1. The summed E-state index contributed by atoms with van der Waals surface area (Å²) in [4.78, 5) is 15.9. The quantitative estimate of drug-likeness (QED) is 0.920. The second-order valence-electron chi connectivity index (χ2n) is 6.32. The third-order valence-electron chi connectivity index (χ3n) is 3.64. The lowest BCUT2D eigenvalue weighted by atomic mass is 9.95. The Morgan fingerprint density at radius 1 is 1.40 bits per heavy atom. The molecule has 1 aromatic carbocycles. The van der Waals surface area contributed by atoms with Crippen molar-refractivity contribution in [2.24, 2.45) is 0 Å². The summed E-state index contributed by atoms with van der Waals surface area (Å²) in [5.41, 5.74) is 2.00. The van der Waals surface area contributed by atoms with Gasteiger partial charge in [0.05, 0.1) is 16.6 Å². The standard InChI is InChI=1S/C16H22N2O2/c1-6-10(2)18-13-9-11(14(19)20)7-8-12(13)17-15(18)16(3,4)5/h7-10H,6H2,1-5H3,(H,19,20). The van der Waals surface area contributed by atoms with Crippen LogP contribution in [0.5, 0.6) is 0 Å². The fourth-order valence-electron chi connectivity index (χ4n) is 2.38. The highest BCUT2D eigenvalue weighted by Gasteiger charge is 2.25. The molecule has 1 aromatic heterocycles. The zero-order valence-corrected chi connectivity index (χ0v) is 12.8. The summed E-state index contributed by atoms with van der Waals surface area (Å²) >= 11 is 0. The number of fused-ring (bicyclic) bond motifs is 1. The van der Waals surface area contributed by atoms with Crippen LogP contribution in [0, 0.1) is 0 Å². The molecule has 0 aliphatic carbocycles. The first-order valence-corrected chi connectivity index (χ1v) is 7.01. The Labute approximate surface area is 119 Å². The molecule has 4 heteroatoms. The maximum absolute atomic E-state index is 11.2. The van der Waals surface area contributed by atoms with Crippen LogP contribution < -0.4 is 0 Å². The van der Waals surface area contributed by atoms with Gasteiger partial charge in [-0.15, -0.1) is 0 Å².